The summed E-state index contributed by atoms with van der Waals surface area (Å²) in [5, 5.41) is 28.1. The van der Waals surface area contributed by atoms with Crippen molar-refractivity contribution in [3.05, 3.63) is 12.2 Å². The fraction of sp³-hybridized carbons (Fsp3) is 0.864. The summed E-state index contributed by atoms with van der Waals surface area (Å²) < 4.78 is 6.17. The summed E-state index contributed by atoms with van der Waals surface area (Å²) >= 11 is 0. The van der Waals surface area contributed by atoms with Crippen molar-refractivity contribution in [2.24, 2.45) is 17.8 Å². The number of ether oxygens (including phenoxy) is 1. The van der Waals surface area contributed by atoms with Gasteiger partial charge in [0.05, 0.1) is 12.2 Å². The number of allylic oxidation sites excluding steroid dienone is 2. The first kappa shape index (κ1) is 22.5. The number of carbonyl (C=O) groups is 1. The van der Waals surface area contributed by atoms with Crippen LogP contribution < -0.4 is 0 Å². The highest BCUT2D eigenvalue weighted by atomic mass is 16.5. The van der Waals surface area contributed by atoms with Crippen LogP contribution in [0.4, 0.5) is 0 Å². The minimum Gasteiger partial charge on any atom is -0.388 e. The summed E-state index contributed by atoms with van der Waals surface area (Å²) in [4.78, 5) is 11.3. The molecule has 5 nitrogen and oxygen atoms in total. The van der Waals surface area contributed by atoms with Crippen molar-refractivity contribution in [3.63, 3.8) is 0 Å². The third-order valence-corrected chi connectivity index (χ3v) is 6.33. The van der Waals surface area contributed by atoms with Gasteiger partial charge in [-0.05, 0) is 56.3 Å². The molecule has 3 N–H and O–H groups in total. The van der Waals surface area contributed by atoms with E-state index in [1.54, 1.807) is 0 Å². The normalized spacial score (nSPS) is 29.4. The van der Waals surface area contributed by atoms with E-state index < -0.39 is 18.2 Å². The fourth-order valence-electron chi connectivity index (χ4n) is 4.59. The van der Waals surface area contributed by atoms with Crippen LogP contribution in [0.2, 0.25) is 0 Å². The average molecular weight is 383 g/mol. The van der Waals surface area contributed by atoms with Crippen molar-refractivity contribution in [3.8, 4) is 0 Å². The zero-order valence-corrected chi connectivity index (χ0v) is 17.0. The molecule has 1 saturated carbocycles. The van der Waals surface area contributed by atoms with Crippen LogP contribution in [0, 0.1) is 17.8 Å². The first-order chi connectivity index (χ1) is 12.9. The highest BCUT2D eigenvalue weighted by Gasteiger charge is 2.43. The molecule has 1 aliphatic heterocycles. The molecule has 5 atom stereocenters. The van der Waals surface area contributed by atoms with Gasteiger partial charge in [0.1, 0.15) is 6.61 Å². The van der Waals surface area contributed by atoms with Crippen molar-refractivity contribution < 1.29 is 24.9 Å². The van der Waals surface area contributed by atoms with Gasteiger partial charge in [-0.15, -0.1) is 0 Å². The molecule has 2 aliphatic rings. The minimum atomic E-state index is -2.41. The van der Waals surface area contributed by atoms with E-state index in [-0.39, 0.29) is 12.5 Å². The van der Waals surface area contributed by atoms with Gasteiger partial charge < -0.3 is 20.1 Å². The highest BCUT2D eigenvalue weighted by Crippen LogP contribution is 2.45. The van der Waals surface area contributed by atoms with Crippen LogP contribution in [0.1, 0.15) is 78.1 Å². The molecule has 2 rings (SSSR count). The van der Waals surface area contributed by atoms with Gasteiger partial charge in [0.2, 0.25) is 11.6 Å². The Balaban J connectivity index is 1.72. The molecule has 0 aromatic rings. The first-order valence-electron chi connectivity index (χ1n) is 10.8. The Kier molecular flexibility index (Phi) is 8.93. The Morgan fingerprint density at radius 2 is 2.07 bits per heavy atom. The van der Waals surface area contributed by atoms with Crippen LogP contribution >= 0.6 is 0 Å². The Hall–Kier alpha value is -0.750. The molecule has 0 radical (unpaired) electrons. The molecule has 1 heterocycles. The average Bonchev–Trinajstić information content (AvgIpc) is 3.20. The number of ketones is 1. The maximum Gasteiger partial charge on any atom is 0.226 e. The number of aliphatic hydroxyl groups is 3. The molecule has 0 aromatic carbocycles. The molecule has 0 amide bonds. The zero-order chi connectivity index (χ0) is 19.9. The summed E-state index contributed by atoms with van der Waals surface area (Å²) in [5.41, 5.74) is 0. The number of rotatable bonds is 12. The van der Waals surface area contributed by atoms with Crippen molar-refractivity contribution >= 4 is 5.78 Å². The summed E-state index contributed by atoms with van der Waals surface area (Å²) in [6.07, 6.45) is 14.8. The van der Waals surface area contributed by atoms with E-state index in [0.29, 0.717) is 24.4 Å². The van der Waals surface area contributed by atoms with E-state index in [4.69, 9.17) is 9.84 Å². The van der Waals surface area contributed by atoms with Gasteiger partial charge in [-0.1, -0.05) is 45.3 Å². The number of carbonyl (C=O) groups excluding carboxylic acids is 1. The Morgan fingerprint density at radius 1 is 1.30 bits per heavy atom. The summed E-state index contributed by atoms with van der Waals surface area (Å²) in [6, 6.07) is 0. The van der Waals surface area contributed by atoms with Gasteiger partial charge in [0.25, 0.3) is 0 Å². The topological polar surface area (TPSA) is 87.0 Å². The van der Waals surface area contributed by atoms with Crippen LogP contribution in [0.15, 0.2) is 12.2 Å². The SMILES string of the molecule is CCCC[C@@H](C)CC=C[C@H]1CC[C@H]2O[C@@H](CCCC(O)(O)C(=O)CO)C[C@H]12. The molecule has 0 aromatic heterocycles. The van der Waals surface area contributed by atoms with Gasteiger partial charge in [-0.3, -0.25) is 4.79 Å². The molecular weight excluding hydrogens is 344 g/mol. The van der Waals surface area contributed by atoms with Crippen LogP contribution in [-0.4, -0.2) is 45.7 Å². The highest BCUT2D eigenvalue weighted by molar-refractivity contribution is 5.86. The number of aliphatic hydroxyl groups excluding tert-OH is 1. The summed E-state index contributed by atoms with van der Waals surface area (Å²) in [5.74, 6) is -1.42. The second-order valence-corrected chi connectivity index (χ2v) is 8.64. The van der Waals surface area contributed by atoms with Gasteiger partial charge in [-0.25, -0.2) is 0 Å². The summed E-state index contributed by atoms with van der Waals surface area (Å²) in [6.45, 7) is 3.72. The molecule has 156 valence electrons. The van der Waals surface area contributed by atoms with Crippen molar-refractivity contribution in [1.29, 1.82) is 0 Å². The van der Waals surface area contributed by atoms with Crippen LogP contribution in [0.5, 0.6) is 0 Å². The smallest absolute Gasteiger partial charge is 0.226 e. The Bertz CT molecular complexity index is 487. The third-order valence-electron chi connectivity index (χ3n) is 6.33. The Morgan fingerprint density at radius 3 is 2.78 bits per heavy atom. The first-order valence-corrected chi connectivity index (χ1v) is 10.8. The molecule has 1 aliphatic carbocycles. The van der Waals surface area contributed by atoms with Crippen LogP contribution in [0.25, 0.3) is 0 Å². The standard InChI is InChI=1S/C22H38O5/c1-3-4-7-16(2)8-5-9-17-11-12-20-19(17)14-18(27-20)10-6-13-22(25,26)21(24)15-23/h5,9,16-20,23,25-26H,3-4,6-8,10-15H2,1-2H3/t16-,17+,18+,19-,20-/m1/s1. The molecule has 27 heavy (non-hydrogen) atoms. The van der Waals surface area contributed by atoms with E-state index in [9.17, 15) is 15.0 Å². The third kappa shape index (κ3) is 6.67. The maximum atomic E-state index is 11.3. The largest absolute Gasteiger partial charge is 0.388 e. The van der Waals surface area contributed by atoms with E-state index in [0.717, 1.165) is 31.6 Å². The minimum absolute atomic E-state index is 0.0550. The molecule has 0 unspecified atom stereocenters. The van der Waals surface area contributed by atoms with E-state index in [2.05, 4.69) is 26.0 Å². The van der Waals surface area contributed by atoms with E-state index >= 15 is 0 Å². The second kappa shape index (κ2) is 10.7. The molecule has 5 heteroatoms. The Labute approximate surface area is 163 Å². The number of hydrogen-bond donors (Lipinski definition) is 3. The van der Waals surface area contributed by atoms with Gasteiger partial charge >= 0.3 is 0 Å². The quantitative estimate of drug-likeness (QED) is 0.356. The van der Waals surface area contributed by atoms with Crippen molar-refractivity contribution in [2.45, 2.75) is 96.1 Å². The zero-order valence-electron chi connectivity index (χ0n) is 17.0. The molecule has 0 bridgehead atoms. The number of unbranched alkanes of at least 4 members (excludes halogenated alkanes) is 1. The predicted molar refractivity (Wildman–Crippen MR) is 105 cm³/mol. The van der Waals surface area contributed by atoms with E-state index in [1.165, 1.54) is 25.7 Å². The van der Waals surface area contributed by atoms with Gasteiger partial charge in [0.15, 0.2) is 0 Å². The number of fused-ring (bicyclic) bond motifs is 1. The van der Waals surface area contributed by atoms with Gasteiger partial charge in [-0.2, -0.15) is 0 Å². The lowest BCUT2D eigenvalue weighted by molar-refractivity contribution is -0.188. The predicted octanol–water partition coefficient (Wildman–Crippen LogP) is 3.36. The fourth-order valence-corrected chi connectivity index (χ4v) is 4.59. The number of Topliss-reactive ketones (excluding diaryl/α,β-unsaturated/α-hetero) is 1. The van der Waals surface area contributed by atoms with Crippen LogP contribution in [0.3, 0.4) is 0 Å². The number of hydrogen-bond acceptors (Lipinski definition) is 5. The summed E-state index contributed by atoms with van der Waals surface area (Å²) in [7, 11) is 0. The molecule has 1 saturated heterocycles. The van der Waals surface area contributed by atoms with Gasteiger partial charge in [0, 0.05) is 6.42 Å². The lowest BCUT2D eigenvalue weighted by Crippen LogP contribution is -2.40. The lowest BCUT2D eigenvalue weighted by Gasteiger charge is -2.20. The molecule has 2 fully saturated rings. The molecular formula is C22H38O5. The second-order valence-electron chi connectivity index (χ2n) is 8.64. The van der Waals surface area contributed by atoms with Crippen molar-refractivity contribution in [2.75, 3.05) is 6.61 Å². The molecule has 0 spiro atoms. The monoisotopic (exact) mass is 382 g/mol. The lowest BCUT2D eigenvalue weighted by atomic mass is 9.89. The van der Waals surface area contributed by atoms with Crippen molar-refractivity contribution in [1.82, 2.24) is 0 Å². The van der Waals surface area contributed by atoms with Crippen LogP contribution in [-0.2, 0) is 9.53 Å². The maximum absolute atomic E-state index is 11.3. The van der Waals surface area contributed by atoms with E-state index in [1.807, 2.05) is 0 Å².